The third kappa shape index (κ3) is 1.85. The summed E-state index contributed by atoms with van der Waals surface area (Å²) >= 11 is 0. The molecular formula is C15H11FO3. The second-order valence-corrected chi connectivity index (χ2v) is 4.36. The van der Waals surface area contributed by atoms with Crippen molar-refractivity contribution in [3.8, 4) is 5.75 Å². The van der Waals surface area contributed by atoms with Gasteiger partial charge in [0, 0.05) is 5.56 Å². The van der Waals surface area contributed by atoms with Crippen LogP contribution in [-0.4, -0.2) is 23.9 Å². The van der Waals surface area contributed by atoms with Crippen LogP contribution in [0.25, 0.3) is 16.3 Å². The van der Waals surface area contributed by atoms with Crippen LogP contribution < -0.4 is 4.74 Å². The lowest BCUT2D eigenvalue weighted by Crippen LogP contribution is -2.28. The Bertz CT molecular complexity index is 691. The van der Waals surface area contributed by atoms with Crippen LogP contribution in [0.5, 0.6) is 5.75 Å². The molecule has 0 spiro atoms. The molecule has 1 aliphatic rings. The monoisotopic (exact) mass is 258 g/mol. The van der Waals surface area contributed by atoms with Gasteiger partial charge in [0.25, 0.3) is 0 Å². The van der Waals surface area contributed by atoms with Gasteiger partial charge in [-0.15, -0.1) is 0 Å². The zero-order chi connectivity index (χ0) is 13.4. The van der Waals surface area contributed by atoms with E-state index in [2.05, 4.69) is 0 Å². The van der Waals surface area contributed by atoms with Crippen molar-refractivity contribution in [2.45, 2.75) is 6.10 Å². The highest BCUT2D eigenvalue weighted by Gasteiger charge is 2.26. The average Bonchev–Trinajstić information content (AvgIpc) is 2.45. The fourth-order valence-corrected chi connectivity index (χ4v) is 2.35. The fraction of sp³-hybridized carbons (Fsp3) is 0.133. The SMILES string of the molecule is O=C(O)C1C=C(CF)c2c(ccc3ccccc23)O1. The molecule has 1 heterocycles. The van der Waals surface area contributed by atoms with Crippen LogP contribution in [0.2, 0.25) is 0 Å². The van der Waals surface area contributed by atoms with Crippen LogP contribution in [-0.2, 0) is 4.79 Å². The Kier molecular flexibility index (Phi) is 2.71. The number of carboxylic acids is 1. The molecule has 0 amide bonds. The number of ether oxygens (including phenoxy) is 1. The van der Waals surface area contributed by atoms with Crippen LogP contribution in [0.4, 0.5) is 4.39 Å². The summed E-state index contributed by atoms with van der Waals surface area (Å²) in [5.74, 6) is -0.703. The highest BCUT2D eigenvalue weighted by Crippen LogP contribution is 2.37. The minimum absolute atomic E-state index is 0.366. The number of benzene rings is 2. The topological polar surface area (TPSA) is 46.5 Å². The van der Waals surface area contributed by atoms with Gasteiger partial charge in [-0.25, -0.2) is 9.18 Å². The molecule has 1 aliphatic heterocycles. The summed E-state index contributed by atoms with van der Waals surface area (Å²) in [5.41, 5.74) is 1.02. The van der Waals surface area contributed by atoms with E-state index < -0.39 is 18.7 Å². The largest absolute Gasteiger partial charge is 0.478 e. The van der Waals surface area contributed by atoms with Gasteiger partial charge < -0.3 is 9.84 Å². The van der Waals surface area contributed by atoms with Crippen molar-refractivity contribution in [3.63, 3.8) is 0 Å². The Morgan fingerprint density at radius 3 is 2.79 bits per heavy atom. The number of fused-ring (bicyclic) bond motifs is 3. The maximum absolute atomic E-state index is 13.2. The van der Waals surface area contributed by atoms with Crippen molar-refractivity contribution >= 4 is 22.3 Å². The Hall–Kier alpha value is -2.36. The molecule has 0 saturated carbocycles. The van der Waals surface area contributed by atoms with Crippen LogP contribution in [0, 0.1) is 0 Å². The van der Waals surface area contributed by atoms with Gasteiger partial charge in [-0.1, -0.05) is 30.3 Å². The smallest absolute Gasteiger partial charge is 0.349 e. The van der Waals surface area contributed by atoms with Crippen molar-refractivity contribution in [2.75, 3.05) is 6.67 Å². The summed E-state index contributed by atoms with van der Waals surface area (Å²) in [5, 5.41) is 10.8. The second kappa shape index (κ2) is 4.39. The third-order valence-corrected chi connectivity index (χ3v) is 3.21. The molecule has 3 rings (SSSR count). The van der Waals surface area contributed by atoms with Gasteiger partial charge in [-0.05, 0) is 28.5 Å². The predicted octanol–water partition coefficient (Wildman–Crippen LogP) is 3.04. The summed E-state index contributed by atoms with van der Waals surface area (Å²) in [6.45, 7) is -0.714. The fourth-order valence-electron chi connectivity index (χ4n) is 2.35. The first kappa shape index (κ1) is 11.7. The van der Waals surface area contributed by atoms with Crippen LogP contribution in [0.3, 0.4) is 0 Å². The van der Waals surface area contributed by atoms with E-state index in [1.165, 1.54) is 6.08 Å². The number of hydrogen-bond donors (Lipinski definition) is 1. The van der Waals surface area contributed by atoms with E-state index in [0.29, 0.717) is 16.9 Å². The summed E-state index contributed by atoms with van der Waals surface area (Å²) in [6.07, 6.45) is 0.205. The van der Waals surface area contributed by atoms with Crippen molar-refractivity contribution in [1.29, 1.82) is 0 Å². The standard InChI is InChI=1S/C15H11FO3/c16-8-10-7-13(15(17)18)19-12-6-5-9-3-1-2-4-11(9)14(10)12/h1-7,13H,8H2,(H,17,18). The average molecular weight is 258 g/mol. The Morgan fingerprint density at radius 1 is 1.26 bits per heavy atom. The van der Waals surface area contributed by atoms with Gasteiger partial charge in [-0.3, -0.25) is 0 Å². The molecule has 3 nitrogen and oxygen atoms in total. The summed E-state index contributed by atoms with van der Waals surface area (Å²) in [7, 11) is 0. The lowest BCUT2D eigenvalue weighted by molar-refractivity contribution is -0.142. The van der Waals surface area contributed by atoms with Gasteiger partial charge >= 0.3 is 5.97 Å². The van der Waals surface area contributed by atoms with Crippen LogP contribution >= 0.6 is 0 Å². The van der Waals surface area contributed by atoms with Crippen LogP contribution in [0.15, 0.2) is 42.5 Å². The van der Waals surface area contributed by atoms with Gasteiger partial charge in [0.1, 0.15) is 12.4 Å². The molecule has 2 aromatic carbocycles. The van der Waals surface area contributed by atoms with E-state index in [1.807, 2.05) is 30.3 Å². The normalized spacial score (nSPS) is 17.5. The molecule has 2 aromatic rings. The number of allylic oxidation sites excluding steroid dienone is 1. The third-order valence-electron chi connectivity index (χ3n) is 3.21. The van der Waals surface area contributed by atoms with Gasteiger partial charge in [0.05, 0.1) is 0 Å². The zero-order valence-electron chi connectivity index (χ0n) is 9.97. The highest BCUT2D eigenvalue weighted by atomic mass is 19.1. The lowest BCUT2D eigenvalue weighted by Gasteiger charge is -2.23. The summed E-state index contributed by atoms with van der Waals surface area (Å²) in [6, 6.07) is 11.1. The van der Waals surface area contributed by atoms with Crippen molar-refractivity contribution in [2.24, 2.45) is 0 Å². The number of carbonyl (C=O) groups is 1. The molecular weight excluding hydrogens is 247 g/mol. The first-order valence-electron chi connectivity index (χ1n) is 5.89. The number of aliphatic carboxylic acids is 1. The highest BCUT2D eigenvalue weighted by molar-refractivity contribution is 5.98. The van der Waals surface area contributed by atoms with Crippen LogP contribution in [0.1, 0.15) is 5.56 Å². The number of carboxylic acid groups (broad SMARTS) is 1. The van der Waals surface area contributed by atoms with Crippen molar-refractivity contribution in [3.05, 3.63) is 48.0 Å². The maximum Gasteiger partial charge on any atom is 0.349 e. The number of hydrogen-bond acceptors (Lipinski definition) is 2. The maximum atomic E-state index is 13.2. The van der Waals surface area contributed by atoms with E-state index in [1.54, 1.807) is 6.07 Å². The Labute approximate surface area is 108 Å². The Morgan fingerprint density at radius 2 is 2.05 bits per heavy atom. The second-order valence-electron chi connectivity index (χ2n) is 4.36. The molecule has 19 heavy (non-hydrogen) atoms. The van der Waals surface area contributed by atoms with E-state index in [9.17, 15) is 9.18 Å². The van der Waals surface area contributed by atoms with E-state index in [-0.39, 0.29) is 0 Å². The minimum Gasteiger partial charge on any atom is -0.478 e. The summed E-state index contributed by atoms with van der Waals surface area (Å²) in [4.78, 5) is 11.0. The molecule has 96 valence electrons. The van der Waals surface area contributed by atoms with Gasteiger partial charge in [0.2, 0.25) is 6.10 Å². The molecule has 4 heteroatoms. The van der Waals surface area contributed by atoms with Crippen molar-refractivity contribution < 1.29 is 19.0 Å². The molecule has 1 unspecified atom stereocenters. The molecule has 0 aromatic heterocycles. The molecule has 0 saturated heterocycles. The minimum atomic E-state index is -1.13. The zero-order valence-corrected chi connectivity index (χ0v) is 9.97. The molecule has 1 atom stereocenters. The van der Waals surface area contributed by atoms with Crippen molar-refractivity contribution in [1.82, 2.24) is 0 Å². The molecule has 0 aliphatic carbocycles. The predicted molar refractivity (Wildman–Crippen MR) is 70.0 cm³/mol. The molecule has 0 radical (unpaired) electrons. The first-order valence-corrected chi connectivity index (χ1v) is 5.89. The van der Waals surface area contributed by atoms with E-state index in [4.69, 9.17) is 9.84 Å². The quantitative estimate of drug-likeness (QED) is 0.900. The Balaban J connectivity index is 2.26. The number of alkyl halides is 1. The molecule has 1 N–H and O–H groups in total. The lowest BCUT2D eigenvalue weighted by atomic mass is 9.95. The first-order chi connectivity index (χ1) is 9.20. The van der Waals surface area contributed by atoms with Gasteiger partial charge in [-0.2, -0.15) is 0 Å². The summed E-state index contributed by atoms with van der Waals surface area (Å²) < 4.78 is 18.6. The van der Waals surface area contributed by atoms with E-state index in [0.717, 1.165) is 10.8 Å². The number of rotatable bonds is 2. The van der Waals surface area contributed by atoms with Gasteiger partial charge in [0.15, 0.2) is 0 Å². The number of halogens is 1. The van der Waals surface area contributed by atoms with E-state index >= 15 is 0 Å². The molecule has 0 bridgehead atoms. The molecule has 0 fully saturated rings.